The Balaban J connectivity index is 1.32. The van der Waals surface area contributed by atoms with Gasteiger partial charge in [0.25, 0.3) is 0 Å². The number of aryl methyl sites for hydroxylation is 1. The molecule has 2 unspecified atom stereocenters. The Bertz CT molecular complexity index is 1920. The summed E-state index contributed by atoms with van der Waals surface area (Å²) in [6.07, 6.45) is -8.84. The van der Waals surface area contributed by atoms with Gasteiger partial charge in [0.15, 0.2) is 0 Å². The molecule has 0 aliphatic carbocycles. The fourth-order valence-corrected chi connectivity index (χ4v) is 7.17. The van der Waals surface area contributed by atoms with Crippen molar-refractivity contribution in [3.63, 3.8) is 0 Å². The lowest BCUT2D eigenvalue weighted by atomic mass is 9.71. The number of halogens is 7. The summed E-state index contributed by atoms with van der Waals surface area (Å²) < 4.78 is 106. The van der Waals surface area contributed by atoms with Crippen LogP contribution in [0, 0.1) is 18.2 Å². The fraction of sp³-hybridized carbons (Fsp3) is 0.412. The number of nitrogen functional groups attached to an aromatic ring is 1. The first-order chi connectivity index (χ1) is 24.0. The number of hydrogen-bond acceptors (Lipinski definition) is 8. The summed E-state index contributed by atoms with van der Waals surface area (Å²) >= 11 is 0. The molecule has 3 atom stereocenters. The number of nitrogens with zero attached hydrogens (tertiary/aromatic N) is 5. The SMILES string of the molecule is CCC1NC(C(=O)O)CC12CCN(c1cc(O[C@H](c3ccc(-c4ccc(F)c(C(F)(F)F)c4)cc3-n3ccc(C)n3)C(F)(F)F)nc(N)n1)CC2. The van der Waals surface area contributed by atoms with Gasteiger partial charge in [0, 0.05) is 37.0 Å². The summed E-state index contributed by atoms with van der Waals surface area (Å²) in [7, 11) is 0. The van der Waals surface area contributed by atoms with E-state index in [4.69, 9.17) is 10.5 Å². The third kappa shape index (κ3) is 7.29. The van der Waals surface area contributed by atoms with Gasteiger partial charge in [0.1, 0.15) is 17.7 Å². The number of rotatable bonds is 8. The van der Waals surface area contributed by atoms with Crippen LogP contribution in [0.15, 0.2) is 54.7 Å². The molecule has 272 valence electrons. The Morgan fingerprint density at radius 3 is 2.35 bits per heavy atom. The topological polar surface area (TPSA) is 131 Å². The minimum Gasteiger partial charge on any atom is -0.480 e. The van der Waals surface area contributed by atoms with E-state index >= 15 is 0 Å². The molecule has 51 heavy (non-hydrogen) atoms. The van der Waals surface area contributed by atoms with Crippen molar-refractivity contribution in [2.45, 2.75) is 70.1 Å². The predicted molar refractivity (Wildman–Crippen MR) is 172 cm³/mol. The number of piperidine rings is 1. The molecule has 2 saturated heterocycles. The first-order valence-electron chi connectivity index (χ1n) is 16.1. The Morgan fingerprint density at radius 2 is 1.75 bits per heavy atom. The van der Waals surface area contributed by atoms with Crippen LogP contribution in [-0.4, -0.2) is 62.2 Å². The minimum absolute atomic E-state index is 0.00318. The van der Waals surface area contributed by atoms with E-state index in [1.54, 1.807) is 6.92 Å². The first-order valence-corrected chi connectivity index (χ1v) is 16.1. The zero-order valence-corrected chi connectivity index (χ0v) is 27.4. The lowest BCUT2D eigenvalue weighted by Crippen LogP contribution is -2.46. The van der Waals surface area contributed by atoms with Crippen molar-refractivity contribution in [1.29, 1.82) is 0 Å². The average molecular weight is 722 g/mol. The van der Waals surface area contributed by atoms with Gasteiger partial charge in [0.05, 0.1) is 16.9 Å². The number of benzene rings is 2. The van der Waals surface area contributed by atoms with Crippen molar-refractivity contribution in [2.75, 3.05) is 23.7 Å². The fourth-order valence-electron chi connectivity index (χ4n) is 7.17. The van der Waals surface area contributed by atoms with Gasteiger partial charge in [-0.15, -0.1) is 0 Å². The summed E-state index contributed by atoms with van der Waals surface area (Å²) in [5, 5.41) is 17.0. The van der Waals surface area contributed by atoms with E-state index in [1.165, 1.54) is 30.5 Å². The molecule has 1 spiro atoms. The van der Waals surface area contributed by atoms with Crippen LogP contribution in [-0.2, 0) is 11.0 Å². The normalized spacial score (nSPS) is 19.7. The molecule has 4 N–H and O–H groups in total. The van der Waals surface area contributed by atoms with Crippen LogP contribution in [0.2, 0.25) is 0 Å². The second kappa shape index (κ2) is 13.3. The summed E-state index contributed by atoms with van der Waals surface area (Å²) in [4.78, 5) is 21.7. The number of hydrogen-bond donors (Lipinski definition) is 3. The van der Waals surface area contributed by atoms with E-state index in [1.807, 2.05) is 11.8 Å². The van der Waals surface area contributed by atoms with E-state index in [0.717, 1.165) is 23.2 Å². The van der Waals surface area contributed by atoms with Crippen molar-refractivity contribution < 1.29 is 45.4 Å². The van der Waals surface area contributed by atoms with Gasteiger partial charge in [-0.1, -0.05) is 25.1 Å². The Kier molecular flexibility index (Phi) is 9.37. The highest BCUT2D eigenvalue weighted by Gasteiger charge is 2.50. The molecule has 10 nitrogen and oxygen atoms in total. The standard InChI is InChI=1S/C34H34F7N7O3/c1-3-26-32(17-24(43-26)30(49)50)9-12-47(13-10-32)27-16-28(45-31(42)44-27)51-29(34(39,40)41)21-6-4-20(15-25(21)48-11-8-18(2)46-48)19-5-7-23(35)22(14-19)33(36,37)38/h4-8,11,14-16,24,26,29,43H,3,9-10,12-13,17H2,1-2H3,(H,49,50)(H2,42,44,45)/t24?,26?,29-/m1/s1. The van der Waals surface area contributed by atoms with Crippen LogP contribution >= 0.6 is 0 Å². The van der Waals surface area contributed by atoms with E-state index in [2.05, 4.69) is 20.4 Å². The minimum atomic E-state index is -5.03. The van der Waals surface area contributed by atoms with Crippen LogP contribution in [0.4, 0.5) is 42.5 Å². The van der Waals surface area contributed by atoms with Gasteiger partial charge < -0.3 is 25.8 Å². The molecule has 2 fully saturated rings. The molecule has 0 amide bonds. The van der Waals surface area contributed by atoms with Gasteiger partial charge in [-0.2, -0.15) is 41.4 Å². The number of anilines is 2. The summed E-state index contributed by atoms with van der Waals surface area (Å²) in [6.45, 7) is 4.47. The second-order valence-corrected chi connectivity index (χ2v) is 12.9. The molecular formula is C34H34F7N7O3. The van der Waals surface area contributed by atoms with Crippen molar-refractivity contribution >= 4 is 17.7 Å². The van der Waals surface area contributed by atoms with Crippen molar-refractivity contribution in [3.05, 3.63) is 77.4 Å². The molecule has 4 heterocycles. The molecule has 17 heteroatoms. The number of aliphatic carboxylic acids is 1. The van der Waals surface area contributed by atoms with Gasteiger partial charge in [-0.3, -0.25) is 4.79 Å². The molecule has 2 aliphatic heterocycles. The van der Waals surface area contributed by atoms with Crippen LogP contribution in [0.3, 0.4) is 0 Å². The number of carbonyl (C=O) groups is 1. The largest absolute Gasteiger partial charge is 0.480 e. The number of nitrogens with one attached hydrogen (secondary N) is 1. The van der Waals surface area contributed by atoms with Crippen LogP contribution in [0.25, 0.3) is 16.8 Å². The van der Waals surface area contributed by atoms with Gasteiger partial charge in [0.2, 0.25) is 17.9 Å². The number of carboxylic acids is 1. The highest BCUT2D eigenvalue weighted by atomic mass is 19.4. The molecular weight excluding hydrogens is 687 g/mol. The molecule has 2 aromatic carbocycles. The maximum Gasteiger partial charge on any atom is 0.429 e. The quantitative estimate of drug-likeness (QED) is 0.167. The van der Waals surface area contributed by atoms with Crippen molar-refractivity contribution in [1.82, 2.24) is 25.1 Å². The van der Waals surface area contributed by atoms with Gasteiger partial charge in [-0.05, 0) is 73.4 Å². The van der Waals surface area contributed by atoms with Crippen molar-refractivity contribution in [2.24, 2.45) is 5.41 Å². The third-order valence-electron chi connectivity index (χ3n) is 9.67. The van der Waals surface area contributed by atoms with Crippen LogP contribution < -0.4 is 20.7 Å². The predicted octanol–water partition coefficient (Wildman–Crippen LogP) is 6.87. The van der Waals surface area contributed by atoms with Gasteiger partial charge in [-0.25, -0.2) is 9.07 Å². The number of carboxylic acid groups (broad SMARTS) is 1. The molecule has 2 aliphatic rings. The lowest BCUT2D eigenvalue weighted by molar-refractivity contribution is -0.198. The Hall–Kier alpha value is -4.93. The zero-order chi connectivity index (χ0) is 36.9. The molecule has 0 bridgehead atoms. The number of ether oxygens (including phenoxy) is 1. The maximum atomic E-state index is 14.9. The zero-order valence-electron chi connectivity index (χ0n) is 27.4. The maximum absolute atomic E-state index is 14.9. The molecule has 0 saturated carbocycles. The summed E-state index contributed by atoms with van der Waals surface area (Å²) in [5.74, 6) is -2.98. The third-order valence-corrected chi connectivity index (χ3v) is 9.67. The lowest BCUT2D eigenvalue weighted by Gasteiger charge is -2.43. The van der Waals surface area contributed by atoms with E-state index in [-0.39, 0.29) is 40.0 Å². The summed E-state index contributed by atoms with van der Waals surface area (Å²) in [5.41, 5.74) is 4.03. The van der Waals surface area contributed by atoms with Crippen molar-refractivity contribution in [3.8, 4) is 22.7 Å². The highest BCUT2D eigenvalue weighted by Crippen LogP contribution is 2.46. The first kappa shape index (κ1) is 35.9. The smallest absolute Gasteiger partial charge is 0.429 e. The number of alkyl halides is 6. The van der Waals surface area contributed by atoms with E-state index in [0.29, 0.717) is 50.2 Å². The van der Waals surface area contributed by atoms with Gasteiger partial charge >= 0.3 is 18.3 Å². The molecule has 2 aromatic heterocycles. The number of aromatic nitrogens is 4. The molecule has 0 radical (unpaired) electrons. The molecule has 6 rings (SSSR count). The Labute approximate surface area is 287 Å². The summed E-state index contributed by atoms with van der Waals surface area (Å²) in [6, 6.07) is 7.92. The monoisotopic (exact) mass is 721 g/mol. The van der Waals surface area contributed by atoms with E-state index < -0.39 is 53.3 Å². The Morgan fingerprint density at radius 1 is 1.06 bits per heavy atom. The van der Waals surface area contributed by atoms with Crippen LogP contribution in [0.1, 0.15) is 55.5 Å². The molecule has 4 aromatic rings. The number of nitrogens with two attached hydrogens (primary N) is 1. The van der Waals surface area contributed by atoms with Crippen LogP contribution in [0.5, 0.6) is 5.88 Å². The second-order valence-electron chi connectivity index (χ2n) is 12.9. The average Bonchev–Trinajstić information content (AvgIpc) is 3.66. The van der Waals surface area contributed by atoms with E-state index in [9.17, 15) is 40.6 Å². The highest BCUT2D eigenvalue weighted by molar-refractivity contribution is 5.74.